The number of rotatable bonds is 5. The van der Waals surface area contributed by atoms with Crippen molar-refractivity contribution in [2.24, 2.45) is 7.05 Å². The van der Waals surface area contributed by atoms with Crippen LogP contribution in [0.25, 0.3) is 5.69 Å². The molecule has 0 fully saturated rings. The van der Waals surface area contributed by atoms with Gasteiger partial charge in [0.15, 0.2) is 6.61 Å². The summed E-state index contributed by atoms with van der Waals surface area (Å²) in [5, 5.41) is 7.25. The van der Waals surface area contributed by atoms with Gasteiger partial charge in [-0.05, 0) is 38.1 Å². The topological polar surface area (TPSA) is 78.2 Å². The maximum atomic E-state index is 12.2. The fraction of sp³-hybridized carbons (Fsp3) is 0.211. The summed E-state index contributed by atoms with van der Waals surface area (Å²) in [4.78, 5) is 24.2. The molecule has 0 aliphatic rings. The molecule has 0 bridgehead atoms. The third-order valence-electron chi connectivity index (χ3n) is 4.04. The van der Waals surface area contributed by atoms with Crippen LogP contribution in [0.3, 0.4) is 0 Å². The summed E-state index contributed by atoms with van der Waals surface area (Å²) in [7, 11) is 1.74. The first-order valence-corrected chi connectivity index (χ1v) is 8.17. The number of para-hydroxylation sites is 1. The van der Waals surface area contributed by atoms with Crippen molar-refractivity contribution in [3.05, 3.63) is 65.7 Å². The molecule has 134 valence electrons. The van der Waals surface area contributed by atoms with Gasteiger partial charge in [-0.1, -0.05) is 18.2 Å². The average molecular weight is 352 g/mol. The van der Waals surface area contributed by atoms with E-state index in [0.29, 0.717) is 17.1 Å². The van der Waals surface area contributed by atoms with Gasteiger partial charge >= 0.3 is 5.97 Å². The third kappa shape index (κ3) is 3.51. The number of ether oxygens (including phenoxy) is 1. The van der Waals surface area contributed by atoms with E-state index < -0.39 is 11.9 Å². The van der Waals surface area contributed by atoms with Crippen molar-refractivity contribution < 1.29 is 14.3 Å². The Morgan fingerprint density at radius 2 is 1.85 bits per heavy atom. The number of esters is 1. The monoisotopic (exact) mass is 352 g/mol. The molecule has 7 nitrogen and oxygen atoms in total. The van der Waals surface area contributed by atoms with Gasteiger partial charge in [0, 0.05) is 13.2 Å². The number of aryl methyl sites for hydroxylation is 2. The largest absolute Gasteiger partial charge is 0.451 e. The predicted octanol–water partition coefficient (Wildman–Crippen LogP) is 2.62. The Kier molecular flexibility index (Phi) is 4.88. The summed E-state index contributed by atoms with van der Waals surface area (Å²) in [6, 6.07) is 13.0. The molecule has 0 saturated carbocycles. The van der Waals surface area contributed by atoms with Gasteiger partial charge in [0.2, 0.25) is 0 Å². The van der Waals surface area contributed by atoms with Gasteiger partial charge in [0.1, 0.15) is 5.69 Å². The van der Waals surface area contributed by atoms with Gasteiger partial charge in [0.25, 0.3) is 5.91 Å². The van der Waals surface area contributed by atoms with Crippen LogP contribution < -0.4 is 5.32 Å². The number of carbonyl (C=O) groups is 2. The summed E-state index contributed by atoms with van der Waals surface area (Å²) < 4.78 is 8.48. The lowest BCUT2D eigenvalue weighted by atomic mass is 10.3. The first kappa shape index (κ1) is 17.5. The van der Waals surface area contributed by atoms with E-state index in [4.69, 9.17) is 4.74 Å². The summed E-state index contributed by atoms with van der Waals surface area (Å²) in [6.45, 7) is 3.33. The normalized spacial score (nSPS) is 10.6. The third-order valence-corrected chi connectivity index (χ3v) is 4.04. The molecule has 0 aliphatic heterocycles. The number of amides is 1. The number of carbonyl (C=O) groups excluding carboxylic acids is 2. The van der Waals surface area contributed by atoms with Crippen molar-refractivity contribution in [1.29, 1.82) is 0 Å². The van der Waals surface area contributed by atoms with E-state index in [1.807, 2.05) is 44.2 Å². The molecule has 3 rings (SSSR count). The Labute approximate surface area is 151 Å². The van der Waals surface area contributed by atoms with Crippen LogP contribution in [-0.2, 0) is 16.6 Å². The van der Waals surface area contributed by atoms with E-state index in [1.165, 1.54) is 0 Å². The SMILES string of the molecule is Cc1nn(-c2ccccc2)c(C)c1NC(=O)COC(=O)c1cccn1C. The van der Waals surface area contributed by atoms with Crippen LogP contribution in [-0.4, -0.2) is 32.8 Å². The zero-order valence-electron chi connectivity index (χ0n) is 14.9. The lowest BCUT2D eigenvalue weighted by molar-refractivity contribution is -0.119. The molecule has 0 radical (unpaired) electrons. The molecule has 7 heteroatoms. The fourth-order valence-corrected chi connectivity index (χ4v) is 2.70. The molecule has 1 N–H and O–H groups in total. The highest BCUT2D eigenvalue weighted by atomic mass is 16.5. The van der Waals surface area contributed by atoms with Crippen molar-refractivity contribution in [3.63, 3.8) is 0 Å². The van der Waals surface area contributed by atoms with Crippen molar-refractivity contribution in [2.75, 3.05) is 11.9 Å². The summed E-state index contributed by atoms with van der Waals surface area (Å²) in [5.41, 5.74) is 3.41. The molecule has 1 aromatic carbocycles. The minimum Gasteiger partial charge on any atom is -0.451 e. The van der Waals surface area contributed by atoms with Gasteiger partial charge in [-0.25, -0.2) is 9.48 Å². The second kappa shape index (κ2) is 7.26. The summed E-state index contributed by atoms with van der Waals surface area (Å²) in [5.74, 6) is -0.951. The van der Waals surface area contributed by atoms with Crippen LogP contribution >= 0.6 is 0 Å². The van der Waals surface area contributed by atoms with Gasteiger partial charge in [-0.2, -0.15) is 5.10 Å². The van der Waals surface area contributed by atoms with E-state index >= 15 is 0 Å². The predicted molar refractivity (Wildman–Crippen MR) is 97.4 cm³/mol. The minimum atomic E-state index is -0.541. The Morgan fingerprint density at radius 3 is 2.50 bits per heavy atom. The first-order chi connectivity index (χ1) is 12.5. The molecule has 1 amide bonds. The van der Waals surface area contributed by atoms with Crippen LogP contribution in [0.4, 0.5) is 5.69 Å². The lowest BCUT2D eigenvalue weighted by Gasteiger charge is -2.08. The Balaban J connectivity index is 1.67. The molecule has 0 atom stereocenters. The van der Waals surface area contributed by atoms with Crippen molar-refractivity contribution in [3.8, 4) is 5.69 Å². The van der Waals surface area contributed by atoms with E-state index in [9.17, 15) is 9.59 Å². The van der Waals surface area contributed by atoms with Gasteiger partial charge < -0.3 is 14.6 Å². The highest BCUT2D eigenvalue weighted by Crippen LogP contribution is 2.22. The average Bonchev–Trinajstić information content (AvgIpc) is 3.18. The maximum absolute atomic E-state index is 12.2. The number of hydrogen-bond donors (Lipinski definition) is 1. The molecule has 2 aromatic heterocycles. The molecular formula is C19H20N4O3. The van der Waals surface area contributed by atoms with E-state index in [0.717, 1.165) is 11.4 Å². The van der Waals surface area contributed by atoms with E-state index in [1.54, 1.807) is 34.6 Å². The highest BCUT2D eigenvalue weighted by molar-refractivity contribution is 5.95. The summed E-state index contributed by atoms with van der Waals surface area (Å²) in [6.07, 6.45) is 1.74. The number of aromatic nitrogens is 3. The molecule has 0 unspecified atom stereocenters. The molecule has 0 saturated heterocycles. The van der Waals surface area contributed by atoms with Gasteiger partial charge in [-0.15, -0.1) is 0 Å². The zero-order chi connectivity index (χ0) is 18.7. The Morgan fingerprint density at radius 1 is 1.12 bits per heavy atom. The minimum absolute atomic E-state index is 0.362. The summed E-state index contributed by atoms with van der Waals surface area (Å²) >= 11 is 0. The van der Waals surface area contributed by atoms with Crippen LogP contribution in [0.2, 0.25) is 0 Å². The smallest absolute Gasteiger partial charge is 0.355 e. The maximum Gasteiger partial charge on any atom is 0.355 e. The lowest BCUT2D eigenvalue weighted by Crippen LogP contribution is -2.22. The standard InChI is InChI=1S/C19H20N4O3/c1-13-18(14(2)23(21-13)15-8-5-4-6-9-15)20-17(24)12-26-19(25)16-10-7-11-22(16)3/h4-11H,12H2,1-3H3,(H,20,24). The highest BCUT2D eigenvalue weighted by Gasteiger charge is 2.17. The van der Waals surface area contributed by atoms with Gasteiger partial charge in [-0.3, -0.25) is 4.79 Å². The van der Waals surface area contributed by atoms with Crippen LogP contribution in [0.5, 0.6) is 0 Å². The Hall–Kier alpha value is -3.35. The quantitative estimate of drug-likeness (QED) is 0.716. The van der Waals surface area contributed by atoms with E-state index in [-0.39, 0.29) is 6.61 Å². The first-order valence-electron chi connectivity index (χ1n) is 8.17. The van der Waals surface area contributed by atoms with Crippen LogP contribution in [0.15, 0.2) is 48.7 Å². The number of benzene rings is 1. The molecular weight excluding hydrogens is 332 g/mol. The molecule has 2 heterocycles. The molecule has 26 heavy (non-hydrogen) atoms. The number of nitrogens with one attached hydrogen (secondary N) is 1. The van der Waals surface area contributed by atoms with E-state index in [2.05, 4.69) is 10.4 Å². The van der Waals surface area contributed by atoms with Crippen LogP contribution in [0.1, 0.15) is 21.9 Å². The van der Waals surface area contributed by atoms with Crippen molar-refractivity contribution in [1.82, 2.24) is 14.3 Å². The molecule has 0 spiro atoms. The second-order valence-corrected chi connectivity index (χ2v) is 5.92. The van der Waals surface area contributed by atoms with Crippen molar-refractivity contribution in [2.45, 2.75) is 13.8 Å². The fourth-order valence-electron chi connectivity index (χ4n) is 2.70. The number of anilines is 1. The van der Waals surface area contributed by atoms with Crippen LogP contribution in [0, 0.1) is 13.8 Å². The van der Waals surface area contributed by atoms with Crippen molar-refractivity contribution >= 4 is 17.6 Å². The number of hydrogen-bond acceptors (Lipinski definition) is 4. The second-order valence-electron chi connectivity index (χ2n) is 5.92. The molecule has 3 aromatic rings. The Bertz CT molecular complexity index is 941. The zero-order valence-corrected chi connectivity index (χ0v) is 14.9. The molecule has 0 aliphatic carbocycles. The number of nitrogens with zero attached hydrogens (tertiary/aromatic N) is 3. The van der Waals surface area contributed by atoms with Gasteiger partial charge in [0.05, 0.1) is 22.8 Å².